The summed E-state index contributed by atoms with van der Waals surface area (Å²) >= 11 is 10.5. The molecule has 0 aromatic heterocycles. The van der Waals surface area contributed by atoms with Crippen molar-refractivity contribution in [1.82, 2.24) is 4.67 Å². The zero-order valence-electron chi connectivity index (χ0n) is 7.70. The van der Waals surface area contributed by atoms with Crippen LogP contribution in [0.1, 0.15) is 0 Å². The van der Waals surface area contributed by atoms with Crippen molar-refractivity contribution in [2.75, 3.05) is 24.8 Å². The molecule has 0 bridgehead atoms. The molecule has 0 aliphatic heterocycles. The number of hydrogen-bond acceptors (Lipinski definition) is 4. The first kappa shape index (κ1) is 21.2. The topological polar surface area (TPSA) is 72.4 Å². The van der Waals surface area contributed by atoms with Crippen LogP contribution < -0.4 is 73.8 Å². The van der Waals surface area contributed by atoms with E-state index in [9.17, 15) is 14.7 Å². The maximum atomic E-state index is 10.4. The van der Waals surface area contributed by atoms with E-state index in [2.05, 4.69) is 0 Å². The van der Waals surface area contributed by atoms with Gasteiger partial charge < -0.3 is 14.7 Å². The molecule has 0 amide bonds. The van der Waals surface area contributed by atoms with E-state index >= 15 is 0 Å². The Balaban J connectivity index is -0.000000500. The Kier molecular flexibility index (Phi) is 18.5. The van der Waals surface area contributed by atoms with Crippen molar-refractivity contribution in [2.45, 2.75) is 0 Å². The predicted octanol–water partition coefficient (Wildman–Crippen LogP) is -7.47. The zero-order chi connectivity index (χ0) is 8.91. The number of nitrogens with zero attached hydrogens (tertiary/aromatic N) is 1. The van der Waals surface area contributed by atoms with Gasteiger partial charge in [-0.2, -0.15) is 4.67 Å². The van der Waals surface area contributed by atoms with Gasteiger partial charge in [0, 0.05) is 24.8 Å². The van der Waals surface area contributed by atoms with E-state index in [4.69, 9.17) is 23.2 Å². The van der Waals surface area contributed by atoms with E-state index in [1.165, 1.54) is 0 Å². The van der Waals surface area contributed by atoms with Crippen LogP contribution in [-0.4, -0.2) is 29.5 Å². The third kappa shape index (κ3) is 11.1. The Morgan fingerprint density at radius 2 is 1.23 bits per heavy atom. The van der Waals surface area contributed by atoms with Gasteiger partial charge in [-0.25, -0.2) is 0 Å². The van der Waals surface area contributed by atoms with Crippen LogP contribution in [0, 0.1) is 0 Å². The third-order valence-corrected chi connectivity index (χ3v) is 2.46. The molecular formula is C4H8Cl2NNa2O3P. The zero-order valence-corrected chi connectivity index (χ0v) is 14.1. The van der Waals surface area contributed by atoms with E-state index in [1.807, 2.05) is 0 Å². The van der Waals surface area contributed by atoms with E-state index in [0.29, 0.717) is 0 Å². The van der Waals surface area contributed by atoms with Crippen LogP contribution in [0.5, 0.6) is 0 Å². The van der Waals surface area contributed by atoms with Gasteiger partial charge in [-0.3, -0.25) is 0 Å². The summed E-state index contributed by atoms with van der Waals surface area (Å²) in [6.45, 7) is 0.0527. The predicted molar refractivity (Wildman–Crippen MR) is 39.9 cm³/mol. The SMILES string of the molecule is [Na+].[Na+].[O-][P+]([O-])([O-])N(CCCl)CCCl. The number of alkyl halides is 2. The smallest absolute Gasteiger partial charge is 0.673 e. The molecule has 0 radical (unpaired) electrons. The average Bonchev–Trinajstić information content (AvgIpc) is 1.85. The molecule has 68 valence electrons. The van der Waals surface area contributed by atoms with Gasteiger partial charge in [-0.05, 0) is 0 Å². The van der Waals surface area contributed by atoms with Gasteiger partial charge in [0.2, 0.25) is 0 Å². The normalized spacial score (nSPS) is 10.6. The summed E-state index contributed by atoms with van der Waals surface area (Å²) in [5, 5.41) is 0. The molecule has 0 N–H and O–H groups in total. The molecule has 0 heterocycles. The Hall–Kier alpha value is 2.85. The van der Waals surface area contributed by atoms with Gasteiger partial charge >= 0.3 is 59.1 Å². The fourth-order valence-corrected chi connectivity index (χ4v) is 1.89. The van der Waals surface area contributed by atoms with Crippen molar-refractivity contribution in [3.05, 3.63) is 0 Å². The van der Waals surface area contributed by atoms with E-state index in [-0.39, 0.29) is 84.0 Å². The summed E-state index contributed by atoms with van der Waals surface area (Å²) in [7, 11) is -4.64. The molecule has 0 aliphatic carbocycles. The Bertz CT molecular complexity index is 112. The van der Waals surface area contributed by atoms with Crippen LogP contribution in [0.25, 0.3) is 0 Å². The maximum absolute atomic E-state index is 10.4. The molecule has 0 spiro atoms. The van der Waals surface area contributed by atoms with Crippen molar-refractivity contribution in [3.8, 4) is 0 Å². The van der Waals surface area contributed by atoms with Crippen molar-refractivity contribution < 1.29 is 73.8 Å². The molecule has 0 atom stereocenters. The number of hydrogen-bond donors (Lipinski definition) is 0. The maximum Gasteiger partial charge on any atom is 1.00 e. The Labute approximate surface area is 133 Å². The van der Waals surface area contributed by atoms with Crippen LogP contribution in [0.2, 0.25) is 0 Å². The van der Waals surface area contributed by atoms with E-state index in [1.54, 1.807) is 0 Å². The minimum Gasteiger partial charge on any atom is -0.673 e. The fourth-order valence-electron chi connectivity index (χ4n) is 0.552. The minimum atomic E-state index is -4.64. The first-order valence-electron chi connectivity index (χ1n) is 2.91. The van der Waals surface area contributed by atoms with E-state index < -0.39 is 8.09 Å². The molecule has 0 aliphatic rings. The molecule has 13 heavy (non-hydrogen) atoms. The summed E-state index contributed by atoms with van der Waals surface area (Å²) in [5.74, 6) is 0.205. The van der Waals surface area contributed by atoms with Crippen LogP contribution in [0.4, 0.5) is 0 Å². The van der Waals surface area contributed by atoms with Crippen LogP contribution in [-0.2, 0) is 0 Å². The molecule has 0 aromatic carbocycles. The molecule has 0 saturated carbocycles. The van der Waals surface area contributed by atoms with E-state index in [0.717, 1.165) is 4.67 Å². The van der Waals surface area contributed by atoms with Crippen LogP contribution in [0.3, 0.4) is 0 Å². The number of halogens is 2. The van der Waals surface area contributed by atoms with Gasteiger partial charge in [-0.15, -0.1) is 23.2 Å². The second-order valence-corrected chi connectivity index (χ2v) is 4.06. The van der Waals surface area contributed by atoms with Gasteiger partial charge in [-0.1, -0.05) is 8.09 Å². The van der Waals surface area contributed by atoms with Gasteiger partial charge in [0.25, 0.3) is 0 Å². The molecule has 0 saturated heterocycles. The summed E-state index contributed by atoms with van der Waals surface area (Å²) in [6.07, 6.45) is 0. The van der Waals surface area contributed by atoms with Crippen molar-refractivity contribution in [2.24, 2.45) is 0 Å². The largest absolute Gasteiger partial charge is 1.00 e. The first-order chi connectivity index (χ1) is 5.02. The summed E-state index contributed by atoms with van der Waals surface area (Å²) in [4.78, 5) is 31.2. The number of rotatable bonds is 5. The summed E-state index contributed by atoms with van der Waals surface area (Å²) < 4.78 is 0.729. The molecule has 0 rings (SSSR count). The minimum absolute atomic E-state index is 0. The first-order valence-corrected chi connectivity index (χ1v) is 5.48. The van der Waals surface area contributed by atoms with Crippen LogP contribution in [0.15, 0.2) is 0 Å². The summed E-state index contributed by atoms with van der Waals surface area (Å²) in [6, 6.07) is 0. The fraction of sp³-hybridized carbons (Fsp3) is 1.00. The molecular weight excluding hydrogens is 258 g/mol. The average molecular weight is 266 g/mol. The molecule has 9 heteroatoms. The monoisotopic (exact) mass is 265 g/mol. The van der Waals surface area contributed by atoms with Gasteiger partial charge in [0.1, 0.15) is 0 Å². The quantitative estimate of drug-likeness (QED) is 0.281. The second kappa shape index (κ2) is 11.3. The van der Waals surface area contributed by atoms with Crippen LogP contribution >= 0.6 is 31.3 Å². The standard InChI is InChI=1S/C4H10Cl2NO3P.2Na/c5-1-3-7(4-2-6)11(8,9)10;;/h1-4H2,(H2,8,9,10);;/q;2*+1/p-2. The second-order valence-electron chi connectivity index (χ2n) is 1.80. The van der Waals surface area contributed by atoms with Gasteiger partial charge in [0.05, 0.1) is 0 Å². The Morgan fingerprint density at radius 1 is 0.923 bits per heavy atom. The van der Waals surface area contributed by atoms with Crippen molar-refractivity contribution in [1.29, 1.82) is 0 Å². The Morgan fingerprint density at radius 3 is 1.38 bits per heavy atom. The molecule has 0 unspecified atom stereocenters. The third-order valence-electron chi connectivity index (χ3n) is 1.03. The van der Waals surface area contributed by atoms with Gasteiger partial charge in [0.15, 0.2) is 0 Å². The molecule has 4 nitrogen and oxygen atoms in total. The molecule has 0 aromatic rings. The van der Waals surface area contributed by atoms with Crippen molar-refractivity contribution in [3.63, 3.8) is 0 Å². The summed E-state index contributed by atoms with van der Waals surface area (Å²) in [5.41, 5.74) is 0. The van der Waals surface area contributed by atoms with Crippen molar-refractivity contribution >= 4 is 31.3 Å². The molecule has 0 fully saturated rings.